The summed E-state index contributed by atoms with van der Waals surface area (Å²) in [6.45, 7) is 0. The smallest absolute Gasteiger partial charge is 0.0360 e. The first-order valence-electron chi connectivity index (χ1n) is 7.31. The molecule has 1 aliphatic carbocycles. The highest BCUT2D eigenvalue weighted by atomic mass is 35.5. The van der Waals surface area contributed by atoms with Crippen LogP contribution in [0.5, 0.6) is 0 Å². The van der Waals surface area contributed by atoms with Crippen LogP contribution in [0, 0.1) is 0 Å². The van der Waals surface area contributed by atoms with Crippen molar-refractivity contribution in [2.45, 2.75) is 63.1 Å². The van der Waals surface area contributed by atoms with Crippen molar-refractivity contribution in [3.63, 3.8) is 0 Å². The number of hydrogen-bond acceptors (Lipinski definition) is 1. The van der Waals surface area contributed by atoms with Crippen molar-refractivity contribution >= 4 is 12.4 Å². The molecule has 1 saturated carbocycles. The van der Waals surface area contributed by atoms with Gasteiger partial charge in [-0.3, -0.25) is 4.90 Å². The van der Waals surface area contributed by atoms with E-state index >= 15 is 0 Å². The summed E-state index contributed by atoms with van der Waals surface area (Å²) in [5, 5.41) is 0. The largest absolute Gasteiger partial charge is 0.286 e. The van der Waals surface area contributed by atoms with Crippen LogP contribution in [0.15, 0.2) is 24.3 Å². The molecular weight excluding hydrogens is 242 g/mol. The van der Waals surface area contributed by atoms with Gasteiger partial charge in [0.05, 0.1) is 0 Å². The minimum Gasteiger partial charge on any atom is -0.286 e. The van der Waals surface area contributed by atoms with Gasteiger partial charge in [0.2, 0.25) is 0 Å². The van der Waals surface area contributed by atoms with E-state index in [9.17, 15) is 0 Å². The Kier molecular flexibility index (Phi) is 3.38. The van der Waals surface area contributed by atoms with Crippen LogP contribution in [0.25, 0.3) is 0 Å². The lowest BCUT2D eigenvalue weighted by Gasteiger charge is -2.39. The fourth-order valence-corrected chi connectivity index (χ4v) is 4.48. The Balaban J connectivity index is 0.000001000. The quantitative estimate of drug-likeness (QED) is 0.714. The van der Waals surface area contributed by atoms with Crippen LogP contribution in [0.2, 0.25) is 0 Å². The van der Waals surface area contributed by atoms with Crippen LogP contribution in [0.3, 0.4) is 0 Å². The van der Waals surface area contributed by atoms with Crippen molar-refractivity contribution < 1.29 is 0 Å². The van der Waals surface area contributed by atoms with Gasteiger partial charge < -0.3 is 0 Å². The van der Waals surface area contributed by atoms with E-state index in [2.05, 4.69) is 29.2 Å². The fourth-order valence-electron chi connectivity index (χ4n) is 4.48. The first kappa shape index (κ1) is 12.5. The lowest BCUT2D eigenvalue weighted by Crippen LogP contribution is -2.37. The standard InChI is InChI=1S/C16H21N.ClH/c1-2-7-12(6-1)17-15-10-5-11-16(17)14-9-4-3-8-13(14)15;/h3-4,8-9,12,15-16H,1-2,5-7,10-11H2;1H. The minimum atomic E-state index is 0. The molecule has 0 aromatic heterocycles. The Morgan fingerprint density at radius 1 is 0.778 bits per heavy atom. The van der Waals surface area contributed by atoms with E-state index < -0.39 is 0 Å². The van der Waals surface area contributed by atoms with Gasteiger partial charge in [-0.25, -0.2) is 0 Å². The lowest BCUT2D eigenvalue weighted by molar-refractivity contribution is 0.0612. The van der Waals surface area contributed by atoms with Gasteiger partial charge in [0, 0.05) is 18.1 Å². The van der Waals surface area contributed by atoms with E-state index in [0.717, 1.165) is 18.1 Å². The van der Waals surface area contributed by atoms with Crippen molar-refractivity contribution in [2.75, 3.05) is 0 Å². The zero-order chi connectivity index (χ0) is 11.2. The molecule has 2 aliphatic heterocycles. The number of hydrogen-bond donors (Lipinski definition) is 0. The molecule has 0 amide bonds. The molecule has 0 N–H and O–H groups in total. The number of fused-ring (bicyclic) bond motifs is 5. The molecular formula is C16H22ClN. The monoisotopic (exact) mass is 263 g/mol. The predicted molar refractivity (Wildman–Crippen MR) is 77.1 cm³/mol. The van der Waals surface area contributed by atoms with Gasteiger partial charge in [-0.2, -0.15) is 0 Å². The molecule has 3 aliphatic rings. The van der Waals surface area contributed by atoms with Crippen molar-refractivity contribution in [2.24, 2.45) is 0 Å². The Hall–Kier alpha value is -0.530. The maximum Gasteiger partial charge on any atom is 0.0360 e. The van der Waals surface area contributed by atoms with E-state index in [1.807, 2.05) is 0 Å². The minimum absolute atomic E-state index is 0. The van der Waals surface area contributed by atoms with Crippen molar-refractivity contribution in [1.29, 1.82) is 0 Å². The van der Waals surface area contributed by atoms with Gasteiger partial charge in [0.1, 0.15) is 0 Å². The molecule has 2 heteroatoms. The first-order chi connectivity index (χ1) is 8.45. The van der Waals surface area contributed by atoms with Crippen LogP contribution in [-0.2, 0) is 0 Å². The summed E-state index contributed by atoms with van der Waals surface area (Å²) in [5.41, 5.74) is 3.31. The van der Waals surface area contributed by atoms with E-state index in [0.29, 0.717) is 0 Å². The molecule has 2 bridgehead atoms. The second-order valence-corrected chi connectivity index (χ2v) is 5.98. The van der Waals surface area contributed by atoms with Crippen molar-refractivity contribution in [3.05, 3.63) is 35.4 Å². The number of halogens is 1. The normalized spacial score (nSPS) is 31.1. The molecule has 0 spiro atoms. The molecule has 2 fully saturated rings. The Bertz CT molecular complexity index is 394. The summed E-state index contributed by atoms with van der Waals surface area (Å²) in [7, 11) is 0. The van der Waals surface area contributed by atoms with Crippen LogP contribution in [0.4, 0.5) is 0 Å². The molecule has 2 atom stereocenters. The average molecular weight is 264 g/mol. The van der Waals surface area contributed by atoms with Crippen LogP contribution in [-0.4, -0.2) is 10.9 Å². The third kappa shape index (κ3) is 1.71. The summed E-state index contributed by atoms with van der Waals surface area (Å²) in [6, 6.07) is 11.6. The zero-order valence-corrected chi connectivity index (χ0v) is 11.7. The highest BCUT2D eigenvalue weighted by molar-refractivity contribution is 5.85. The average Bonchev–Trinajstić information content (AvgIpc) is 2.95. The second kappa shape index (κ2) is 4.86. The van der Waals surface area contributed by atoms with Crippen molar-refractivity contribution in [1.82, 2.24) is 4.90 Å². The van der Waals surface area contributed by atoms with Crippen LogP contribution in [0.1, 0.15) is 68.2 Å². The summed E-state index contributed by atoms with van der Waals surface area (Å²) in [4.78, 5) is 2.89. The van der Waals surface area contributed by atoms with Gasteiger partial charge >= 0.3 is 0 Å². The van der Waals surface area contributed by atoms with Gasteiger partial charge in [-0.1, -0.05) is 37.1 Å². The molecule has 4 rings (SSSR count). The van der Waals surface area contributed by atoms with Gasteiger partial charge in [-0.15, -0.1) is 12.4 Å². The van der Waals surface area contributed by atoms with Crippen LogP contribution >= 0.6 is 12.4 Å². The zero-order valence-electron chi connectivity index (χ0n) is 10.8. The Morgan fingerprint density at radius 2 is 1.33 bits per heavy atom. The molecule has 2 heterocycles. The van der Waals surface area contributed by atoms with Gasteiger partial charge in [-0.05, 0) is 43.2 Å². The van der Waals surface area contributed by atoms with Gasteiger partial charge in [0.25, 0.3) is 0 Å². The summed E-state index contributed by atoms with van der Waals surface area (Å²) >= 11 is 0. The maximum atomic E-state index is 2.89. The topological polar surface area (TPSA) is 3.24 Å². The molecule has 18 heavy (non-hydrogen) atoms. The Morgan fingerprint density at radius 3 is 1.89 bits per heavy atom. The Labute approximate surface area is 116 Å². The maximum absolute atomic E-state index is 2.89. The SMILES string of the molecule is Cl.c1ccc2c(c1)C1CCCC2N1C1CCCC1. The number of benzene rings is 1. The summed E-state index contributed by atoms with van der Waals surface area (Å²) < 4.78 is 0. The van der Waals surface area contributed by atoms with Gasteiger partial charge in [0.15, 0.2) is 0 Å². The third-order valence-electron chi connectivity index (χ3n) is 5.14. The number of nitrogens with zero attached hydrogens (tertiary/aromatic N) is 1. The summed E-state index contributed by atoms with van der Waals surface area (Å²) in [6.07, 6.45) is 10.0. The highest BCUT2D eigenvalue weighted by Gasteiger charge is 2.44. The van der Waals surface area contributed by atoms with E-state index in [4.69, 9.17) is 0 Å². The number of piperidine rings is 1. The van der Waals surface area contributed by atoms with E-state index in [1.165, 1.54) is 44.9 Å². The molecule has 1 saturated heterocycles. The molecule has 0 radical (unpaired) electrons. The fraction of sp³-hybridized carbons (Fsp3) is 0.625. The summed E-state index contributed by atoms with van der Waals surface area (Å²) in [5.74, 6) is 0. The third-order valence-corrected chi connectivity index (χ3v) is 5.14. The molecule has 1 nitrogen and oxygen atoms in total. The molecule has 1 aromatic carbocycles. The molecule has 2 unspecified atom stereocenters. The molecule has 98 valence electrons. The van der Waals surface area contributed by atoms with E-state index in [1.54, 1.807) is 11.1 Å². The van der Waals surface area contributed by atoms with Crippen molar-refractivity contribution in [3.8, 4) is 0 Å². The van der Waals surface area contributed by atoms with E-state index in [-0.39, 0.29) is 12.4 Å². The van der Waals surface area contributed by atoms with Crippen LogP contribution < -0.4 is 0 Å². The predicted octanol–water partition coefficient (Wildman–Crippen LogP) is 4.63. The molecule has 1 aromatic rings. The lowest BCUT2D eigenvalue weighted by atomic mass is 9.97. The number of rotatable bonds is 1. The first-order valence-corrected chi connectivity index (χ1v) is 7.31. The highest BCUT2D eigenvalue weighted by Crippen LogP contribution is 2.53. The second-order valence-electron chi connectivity index (χ2n) is 5.98.